The topological polar surface area (TPSA) is 25.0 Å². The SMILES string of the molecule is FC(F)=C(F)Oc1ccc(-c2cccc3c2[nH]c2ccccc23)cc1. The average molecular weight is 339 g/mol. The maximum atomic E-state index is 12.9. The Morgan fingerprint density at radius 3 is 2.24 bits per heavy atom. The van der Waals surface area contributed by atoms with Gasteiger partial charge in [0.2, 0.25) is 0 Å². The fraction of sp³-hybridized carbons (Fsp3) is 0. The highest BCUT2D eigenvalue weighted by Gasteiger charge is 2.11. The third kappa shape index (κ3) is 2.74. The summed E-state index contributed by atoms with van der Waals surface area (Å²) in [5.41, 5.74) is 3.86. The highest BCUT2D eigenvalue weighted by Crippen LogP contribution is 2.33. The first kappa shape index (κ1) is 15.3. The highest BCUT2D eigenvalue weighted by molar-refractivity contribution is 6.11. The quantitative estimate of drug-likeness (QED) is 0.429. The fourth-order valence-electron chi connectivity index (χ4n) is 2.96. The summed E-state index contributed by atoms with van der Waals surface area (Å²) >= 11 is 0. The number of rotatable bonds is 3. The van der Waals surface area contributed by atoms with E-state index < -0.39 is 12.1 Å². The monoisotopic (exact) mass is 339 g/mol. The molecule has 0 saturated heterocycles. The van der Waals surface area contributed by atoms with Gasteiger partial charge in [0, 0.05) is 21.9 Å². The number of hydrogen-bond acceptors (Lipinski definition) is 1. The van der Waals surface area contributed by atoms with Crippen LogP contribution in [0, 0.1) is 0 Å². The van der Waals surface area contributed by atoms with E-state index in [2.05, 4.69) is 15.8 Å². The summed E-state index contributed by atoms with van der Waals surface area (Å²) in [6, 6.07) is 18.4. The van der Waals surface area contributed by atoms with Gasteiger partial charge in [-0.1, -0.05) is 48.5 Å². The molecule has 0 fully saturated rings. The molecule has 25 heavy (non-hydrogen) atoms. The van der Waals surface area contributed by atoms with E-state index in [-0.39, 0.29) is 5.75 Å². The number of hydrogen-bond donors (Lipinski definition) is 1. The molecule has 124 valence electrons. The lowest BCUT2D eigenvalue weighted by Gasteiger charge is -2.06. The van der Waals surface area contributed by atoms with Crippen LogP contribution in [0.2, 0.25) is 0 Å². The number of aromatic amines is 1. The summed E-state index contributed by atoms with van der Waals surface area (Å²) in [5, 5.41) is 2.23. The van der Waals surface area contributed by atoms with E-state index in [0.717, 1.165) is 32.9 Å². The van der Waals surface area contributed by atoms with Gasteiger partial charge in [0.05, 0.1) is 5.52 Å². The van der Waals surface area contributed by atoms with Gasteiger partial charge in [0.1, 0.15) is 5.75 Å². The Hall–Kier alpha value is -3.21. The molecule has 1 aromatic heterocycles. The summed E-state index contributed by atoms with van der Waals surface area (Å²) in [4.78, 5) is 3.41. The molecule has 0 spiro atoms. The lowest BCUT2D eigenvalue weighted by atomic mass is 10.0. The van der Waals surface area contributed by atoms with E-state index in [0.29, 0.717) is 0 Å². The van der Waals surface area contributed by atoms with Gasteiger partial charge in [-0.05, 0) is 23.8 Å². The molecular formula is C20H12F3NO. The second-order valence-electron chi connectivity index (χ2n) is 5.56. The Bertz CT molecular complexity index is 1090. The van der Waals surface area contributed by atoms with Crippen LogP contribution in [0.25, 0.3) is 32.9 Å². The first-order valence-electron chi connectivity index (χ1n) is 7.62. The Labute approximate surface area is 141 Å². The van der Waals surface area contributed by atoms with Gasteiger partial charge in [-0.3, -0.25) is 0 Å². The smallest absolute Gasteiger partial charge is 0.344 e. The minimum atomic E-state index is -2.48. The Morgan fingerprint density at radius 2 is 1.48 bits per heavy atom. The van der Waals surface area contributed by atoms with Gasteiger partial charge in [-0.15, -0.1) is 0 Å². The second-order valence-corrected chi connectivity index (χ2v) is 5.56. The molecule has 0 atom stereocenters. The summed E-state index contributed by atoms with van der Waals surface area (Å²) < 4.78 is 41.5. The van der Waals surface area contributed by atoms with Crippen LogP contribution in [0.4, 0.5) is 13.2 Å². The predicted octanol–water partition coefficient (Wildman–Crippen LogP) is 6.40. The van der Waals surface area contributed by atoms with E-state index in [1.165, 1.54) is 12.1 Å². The molecule has 0 bridgehead atoms. The summed E-state index contributed by atoms with van der Waals surface area (Å²) in [5.74, 6) is 0.0119. The Morgan fingerprint density at radius 1 is 0.760 bits per heavy atom. The predicted molar refractivity (Wildman–Crippen MR) is 92.2 cm³/mol. The number of nitrogens with one attached hydrogen (secondary N) is 1. The highest BCUT2D eigenvalue weighted by atomic mass is 19.3. The third-order valence-electron chi connectivity index (χ3n) is 4.06. The summed E-state index contributed by atoms with van der Waals surface area (Å²) in [6.07, 6.45) is -2.48. The lowest BCUT2D eigenvalue weighted by molar-refractivity contribution is 0.241. The molecule has 0 amide bonds. The molecule has 0 unspecified atom stereocenters. The van der Waals surface area contributed by atoms with E-state index in [1.54, 1.807) is 12.1 Å². The molecule has 1 heterocycles. The van der Waals surface area contributed by atoms with Crippen molar-refractivity contribution in [2.75, 3.05) is 0 Å². The molecule has 1 N–H and O–H groups in total. The Kier molecular flexibility index (Phi) is 3.69. The maximum Gasteiger partial charge on any atom is 0.344 e. The molecule has 2 nitrogen and oxygen atoms in total. The van der Waals surface area contributed by atoms with Gasteiger partial charge in [0.15, 0.2) is 0 Å². The van der Waals surface area contributed by atoms with Crippen molar-refractivity contribution in [2.45, 2.75) is 0 Å². The normalized spacial score (nSPS) is 11.0. The number of H-pyrrole nitrogens is 1. The molecule has 0 saturated carbocycles. The van der Waals surface area contributed by atoms with Gasteiger partial charge in [-0.25, -0.2) is 0 Å². The van der Waals surface area contributed by atoms with Gasteiger partial charge >= 0.3 is 12.1 Å². The zero-order valence-corrected chi connectivity index (χ0v) is 12.9. The van der Waals surface area contributed by atoms with Gasteiger partial charge in [0.25, 0.3) is 0 Å². The summed E-state index contributed by atoms with van der Waals surface area (Å²) in [7, 11) is 0. The number of benzene rings is 3. The largest absolute Gasteiger partial charge is 0.428 e. The number of halogens is 3. The van der Waals surface area contributed by atoms with Crippen LogP contribution >= 0.6 is 0 Å². The number of fused-ring (bicyclic) bond motifs is 3. The number of ether oxygens (including phenoxy) is 1. The molecule has 4 rings (SSSR count). The van der Waals surface area contributed by atoms with E-state index >= 15 is 0 Å². The summed E-state index contributed by atoms with van der Waals surface area (Å²) in [6.45, 7) is 0. The molecule has 0 radical (unpaired) electrons. The molecule has 5 heteroatoms. The molecule has 0 aliphatic rings. The lowest BCUT2D eigenvalue weighted by Crippen LogP contribution is -1.90. The van der Waals surface area contributed by atoms with Crippen molar-refractivity contribution in [1.82, 2.24) is 4.98 Å². The van der Waals surface area contributed by atoms with Gasteiger partial charge in [-0.2, -0.15) is 13.2 Å². The first-order valence-corrected chi connectivity index (χ1v) is 7.62. The minimum Gasteiger partial charge on any atom is -0.428 e. The van der Waals surface area contributed by atoms with Crippen molar-refractivity contribution in [3.05, 3.63) is 78.8 Å². The Balaban J connectivity index is 1.78. The van der Waals surface area contributed by atoms with Crippen LogP contribution in [-0.2, 0) is 0 Å². The van der Waals surface area contributed by atoms with E-state index in [9.17, 15) is 13.2 Å². The number of aromatic nitrogens is 1. The molecular weight excluding hydrogens is 327 g/mol. The molecule has 3 aromatic carbocycles. The van der Waals surface area contributed by atoms with E-state index in [4.69, 9.17) is 0 Å². The van der Waals surface area contributed by atoms with Gasteiger partial charge < -0.3 is 9.72 Å². The van der Waals surface area contributed by atoms with Crippen LogP contribution in [0.15, 0.2) is 78.8 Å². The van der Waals surface area contributed by atoms with Crippen molar-refractivity contribution in [2.24, 2.45) is 0 Å². The second kappa shape index (κ2) is 6.02. The molecule has 4 aromatic rings. The van der Waals surface area contributed by atoms with Crippen LogP contribution in [0.5, 0.6) is 5.75 Å². The van der Waals surface area contributed by atoms with Crippen LogP contribution in [0.3, 0.4) is 0 Å². The van der Waals surface area contributed by atoms with Crippen molar-refractivity contribution < 1.29 is 17.9 Å². The van der Waals surface area contributed by atoms with Crippen LogP contribution in [-0.4, -0.2) is 4.98 Å². The number of para-hydroxylation sites is 2. The van der Waals surface area contributed by atoms with E-state index in [1.807, 2.05) is 36.4 Å². The minimum absolute atomic E-state index is 0.0119. The van der Waals surface area contributed by atoms with Crippen molar-refractivity contribution in [3.8, 4) is 16.9 Å². The van der Waals surface area contributed by atoms with Crippen molar-refractivity contribution in [1.29, 1.82) is 0 Å². The van der Waals surface area contributed by atoms with Crippen molar-refractivity contribution in [3.63, 3.8) is 0 Å². The fourth-order valence-corrected chi connectivity index (χ4v) is 2.96. The van der Waals surface area contributed by atoms with Crippen LogP contribution in [0.1, 0.15) is 0 Å². The standard InChI is InChI=1S/C20H12F3NO/c21-19(22)20(23)25-13-10-8-12(9-11-13)14-5-3-6-16-15-4-1-2-7-17(15)24-18(14)16/h1-11,24H. The van der Waals surface area contributed by atoms with Crippen LogP contribution < -0.4 is 4.74 Å². The first-order chi connectivity index (χ1) is 12.1. The third-order valence-corrected chi connectivity index (χ3v) is 4.06. The molecule has 0 aliphatic carbocycles. The molecule has 0 aliphatic heterocycles. The maximum absolute atomic E-state index is 12.9. The average Bonchev–Trinajstić information content (AvgIpc) is 3.01. The zero-order valence-electron chi connectivity index (χ0n) is 12.9. The van der Waals surface area contributed by atoms with Crippen molar-refractivity contribution >= 4 is 21.8 Å². The zero-order chi connectivity index (χ0) is 17.4.